The average Bonchev–Trinajstić information content (AvgIpc) is 3.04. The van der Waals surface area contributed by atoms with E-state index in [2.05, 4.69) is 20.1 Å². The minimum Gasteiger partial charge on any atom is -0.433 e. The molecule has 3 heterocycles. The Morgan fingerprint density at radius 3 is 2.88 bits per heavy atom. The van der Waals surface area contributed by atoms with Crippen LogP contribution in [0, 0.1) is 0 Å². The molecular formula is C17H14F2N4O2S. The number of ether oxygens (including phenoxy) is 1. The Morgan fingerprint density at radius 1 is 1.35 bits per heavy atom. The van der Waals surface area contributed by atoms with Crippen LogP contribution in [0.5, 0.6) is 5.75 Å². The summed E-state index contributed by atoms with van der Waals surface area (Å²) in [7, 11) is 0. The summed E-state index contributed by atoms with van der Waals surface area (Å²) in [4.78, 5) is 17.6. The summed E-state index contributed by atoms with van der Waals surface area (Å²) in [5.74, 6) is 0.240. The second-order valence-electron chi connectivity index (χ2n) is 5.92. The van der Waals surface area contributed by atoms with Gasteiger partial charge in [0.25, 0.3) is 0 Å². The molecule has 3 aromatic rings. The third kappa shape index (κ3) is 3.17. The summed E-state index contributed by atoms with van der Waals surface area (Å²) in [6.45, 7) is -2.92. The van der Waals surface area contributed by atoms with Gasteiger partial charge in [-0.25, -0.2) is 4.68 Å². The number of nitrogens with zero attached hydrogens (tertiary/aromatic N) is 3. The monoisotopic (exact) mass is 376 g/mol. The molecule has 0 radical (unpaired) electrons. The Labute approximate surface area is 151 Å². The summed E-state index contributed by atoms with van der Waals surface area (Å²) < 4.78 is 30.4. The highest BCUT2D eigenvalue weighted by atomic mass is 32.1. The Kier molecular flexibility index (Phi) is 4.15. The number of alkyl halides is 2. The van der Waals surface area contributed by atoms with Crippen molar-refractivity contribution in [2.24, 2.45) is 0 Å². The highest BCUT2D eigenvalue weighted by Crippen LogP contribution is 2.50. The molecule has 26 heavy (non-hydrogen) atoms. The van der Waals surface area contributed by atoms with Gasteiger partial charge in [-0.2, -0.15) is 8.78 Å². The Hall–Kier alpha value is -2.81. The lowest BCUT2D eigenvalue weighted by molar-refractivity contribution is -0.118. The first-order valence-electron chi connectivity index (χ1n) is 7.88. The molecule has 0 spiro atoms. The van der Waals surface area contributed by atoms with E-state index in [1.165, 1.54) is 23.1 Å². The number of amides is 1. The number of carbonyl (C=O) groups is 1. The number of halogens is 2. The standard InChI is InChI=1S/C17H14F2N4O2S/c18-16(19)25-12-8-11(9-20-10-12)23-6-3-14(22-23)21-15(24)17(4-5-17)13-2-1-7-26-13/h1-3,6-10,16H,4-5H2,(H,21,22,24). The number of aromatic nitrogens is 3. The van der Waals surface area contributed by atoms with E-state index < -0.39 is 12.0 Å². The van der Waals surface area contributed by atoms with E-state index in [-0.39, 0.29) is 11.7 Å². The molecule has 0 unspecified atom stereocenters. The topological polar surface area (TPSA) is 69.0 Å². The first-order chi connectivity index (χ1) is 12.6. The zero-order valence-electron chi connectivity index (χ0n) is 13.4. The number of carbonyl (C=O) groups excluding carboxylic acids is 1. The predicted molar refractivity (Wildman–Crippen MR) is 91.9 cm³/mol. The van der Waals surface area contributed by atoms with Crippen molar-refractivity contribution in [2.45, 2.75) is 24.9 Å². The van der Waals surface area contributed by atoms with E-state index in [0.29, 0.717) is 11.5 Å². The molecule has 1 saturated carbocycles. The minimum atomic E-state index is -2.92. The fourth-order valence-electron chi connectivity index (χ4n) is 2.73. The van der Waals surface area contributed by atoms with E-state index in [1.807, 2.05) is 17.5 Å². The first kappa shape index (κ1) is 16.6. The van der Waals surface area contributed by atoms with Crippen molar-refractivity contribution in [1.82, 2.24) is 14.8 Å². The van der Waals surface area contributed by atoms with Crippen LogP contribution in [0.15, 0.2) is 48.2 Å². The smallest absolute Gasteiger partial charge is 0.387 e. The van der Waals surface area contributed by atoms with E-state index in [1.54, 1.807) is 23.6 Å². The molecule has 6 nitrogen and oxygen atoms in total. The molecule has 4 rings (SSSR count). The van der Waals surface area contributed by atoms with Crippen LogP contribution < -0.4 is 10.1 Å². The Morgan fingerprint density at radius 2 is 2.19 bits per heavy atom. The van der Waals surface area contributed by atoms with Crippen molar-refractivity contribution >= 4 is 23.1 Å². The van der Waals surface area contributed by atoms with Crippen molar-refractivity contribution in [3.63, 3.8) is 0 Å². The molecule has 1 aliphatic carbocycles. The van der Waals surface area contributed by atoms with Gasteiger partial charge in [0.15, 0.2) is 5.82 Å². The third-order valence-electron chi connectivity index (χ3n) is 4.20. The van der Waals surface area contributed by atoms with E-state index in [4.69, 9.17) is 0 Å². The summed E-state index contributed by atoms with van der Waals surface area (Å²) >= 11 is 1.57. The van der Waals surface area contributed by atoms with Crippen molar-refractivity contribution in [3.05, 3.63) is 53.1 Å². The lowest BCUT2D eigenvalue weighted by atomic mass is 10.0. The van der Waals surface area contributed by atoms with Gasteiger partial charge in [0.2, 0.25) is 5.91 Å². The molecule has 0 aromatic carbocycles. The van der Waals surface area contributed by atoms with Crippen molar-refractivity contribution in [2.75, 3.05) is 5.32 Å². The SMILES string of the molecule is O=C(Nc1ccn(-c2cncc(OC(F)F)c2)n1)C1(c2cccs2)CC1. The predicted octanol–water partition coefficient (Wildman–Crippen LogP) is 3.60. The van der Waals surface area contributed by atoms with Gasteiger partial charge in [-0.05, 0) is 24.3 Å². The van der Waals surface area contributed by atoms with Crippen molar-refractivity contribution in [1.29, 1.82) is 0 Å². The second kappa shape index (κ2) is 6.49. The van der Waals surface area contributed by atoms with E-state index in [9.17, 15) is 13.6 Å². The number of nitrogens with one attached hydrogen (secondary N) is 1. The maximum atomic E-state index is 12.6. The molecule has 3 aromatic heterocycles. The van der Waals surface area contributed by atoms with Gasteiger partial charge in [0.05, 0.1) is 23.5 Å². The maximum absolute atomic E-state index is 12.6. The first-order valence-corrected chi connectivity index (χ1v) is 8.76. The number of pyridine rings is 1. The molecule has 0 atom stereocenters. The fraction of sp³-hybridized carbons (Fsp3) is 0.235. The number of hydrogen-bond donors (Lipinski definition) is 1. The molecule has 1 amide bonds. The van der Waals surface area contributed by atoms with Crippen LogP contribution in [0.3, 0.4) is 0 Å². The summed E-state index contributed by atoms with van der Waals surface area (Å²) in [6.07, 6.45) is 5.90. The molecule has 9 heteroatoms. The second-order valence-corrected chi connectivity index (χ2v) is 6.86. The number of anilines is 1. The third-order valence-corrected chi connectivity index (χ3v) is 5.27. The van der Waals surface area contributed by atoms with Crippen LogP contribution >= 0.6 is 11.3 Å². The molecule has 1 N–H and O–H groups in total. The minimum absolute atomic E-state index is 0.0618. The largest absolute Gasteiger partial charge is 0.433 e. The van der Waals surface area contributed by atoms with Gasteiger partial charge >= 0.3 is 6.61 Å². The van der Waals surface area contributed by atoms with Crippen LogP contribution in [0.4, 0.5) is 14.6 Å². The fourth-order valence-corrected chi connectivity index (χ4v) is 3.71. The number of thiophene rings is 1. The quantitative estimate of drug-likeness (QED) is 0.714. The molecule has 134 valence electrons. The van der Waals surface area contributed by atoms with Crippen LogP contribution in [0.1, 0.15) is 17.7 Å². The molecular weight excluding hydrogens is 362 g/mol. The van der Waals surface area contributed by atoms with Gasteiger partial charge < -0.3 is 10.1 Å². The lowest BCUT2D eigenvalue weighted by Crippen LogP contribution is -2.27. The Bertz CT molecular complexity index is 923. The average molecular weight is 376 g/mol. The van der Waals surface area contributed by atoms with Gasteiger partial charge in [-0.1, -0.05) is 6.07 Å². The lowest BCUT2D eigenvalue weighted by Gasteiger charge is -2.12. The van der Waals surface area contributed by atoms with Crippen molar-refractivity contribution < 1.29 is 18.3 Å². The summed E-state index contributed by atoms with van der Waals surface area (Å²) in [5.41, 5.74) is -0.00659. The van der Waals surface area contributed by atoms with Crippen LogP contribution in [-0.2, 0) is 10.2 Å². The summed E-state index contributed by atoms with van der Waals surface area (Å²) in [6, 6.07) is 6.94. The van der Waals surface area contributed by atoms with Gasteiger partial charge in [-0.3, -0.25) is 9.78 Å². The zero-order chi connectivity index (χ0) is 18.1. The highest BCUT2D eigenvalue weighted by Gasteiger charge is 2.52. The molecule has 0 aliphatic heterocycles. The molecule has 0 bridgehead atoms. The van der Waals surface area contributed by atoms with Gasteiger partial charge in [0.1, 0.15) is 5.75 Å². The van der Waals surface area contributed by atoms with Gasteiger partial charge in [-0.15, -0.1) is 16.4 Å². The number of rotatable bonds is 6. The van der Waals surface area contributed by atoms with Crippen LogP contribution in [0.25, 0.3) is 5.69 Å². The van der Waals surface area contributed by atoms with Gasteiger partial charge in [0, 0.05) is 23.2 Å². The highest BCUT2D eigenvalue weighted by molar-refractivity contribution is 7.10. The van der Waals surface area contributed by atoms with Crippen LogP contribution in [0.2, 0.25) is 0 Å². The maximum Gasteiger partial charge on any atom is 0.387 e. The van der Waals surface area contributed by atoms with E-state index in [0.717, 1.165) is 17.7 Å². The summed E-state index contributed by atoms with van der Waals surface area (Å²) in [5, 5.41) is 9.06. The van der Waals surface area contributed by atoms with Crippen LogP contribution in [-0.4, -0.2) is 27.3 Å². The molecule has 1 fully saturated rings. The molecule has 1 aliphatic rings. The van der Waals surface area contributed by atoms with E-state index >= 15 is 0 Å². The normalized spacial score (nSPS) is 15.0. The molecule has 0 saturated heterocycles. The Balaban J connectivity index is 1.50. The van der Waals surface area contributed by atoms with Crippen molar-refractivity contribution in [3.8, 4) is 11.4 Å². The number of hydrogen-bond acceptors (Lipinski definition) is 5. The zero-order valence-corrected chi connectivity index (χ0v) is 14.2.